The lowest BCUT2D eigenvalue weighted by Gasteiger charge is -2.37. The second kappa shape index (κ2) is 6.69. The minimum atomic E-state index is -0.124. The number of hydrogen-bond donors (Lipinski definition) is 1. The molecule has 2 aromatic carbocycles. The number of para-hydroxylation sites is 1. The number of hydrogen-bond acceptors (Lipinski definition) is 5. The fourth-order valence-corrected chi connectivity index (χ4v) is 3.50. The summed E-state index contributed by atoms with van der Waals surface area (Å²) in [5.74, 6) is 0.965. The number of nitrogens with two attached hydrogens (primary N) is 1. The first-order valence-electron chi connectivity index (χ1n) is 8.80. The van der Waals surface area contributed by atoms with Crippen molar-refractivity contribution in [3.63, 3.8) is 0 Å². The van der Waals surface area contributed by atoms with Crippen LogP contribution in [0, 0.1) is 0 Å². The van der Waals surface area contributed by atoms with E-state index in [4.69, 9.17) is 5.73 Å². The van der Waals surface area contributed by atoms with Crippen LogP contribution in [0.25, 0.3) is 10.8 Å². The molecule has 1 atom stereocenters. The van der Waals surface area contributed by atoms with Crippen molar-refractivity contribution in [1.82, 2.24) is 10.2 Å². The molecule has 1 fully saturated rings. The molecule has 2 N–H and O–H groups in total. The molecule has 0 aliphatic carbocycles. The first kappa shape index (κ1) is 15.8. The number of anilines is 2. The normalized spacial score (nSPS) is 16.2. The topological polar surface area (TPSA) is 58.3 Å². The smallest absolute Gasteiger partial charge is 0.159 e. The molecular weight excluding hydrogens is 310 g/mol. The molecule has 1 aliphatic heterocycles. The molecule has 1 saturated heterocycles. The van der Waals surface area contributed by atoms with Gasteiger partial charge in [-0.15, -0.1) is 5.10 Å². The Morgan fingerprint density at radius 1 is 0.800 bits per heavy atom. The summed E-state index contributed by atoms with van der Waals surface area (Å²) in [5.41, 5.74) is 8.21. The second-order valence-corrected chi connectivity index (χ2v) is 6.55. The molecule has 2 heterocycles. The molecule has 1 unspecified atom stereocenters. The van der Waals surface area contributed by atoms with Crippen molar-refractivity contribution in [3.8, 4) is 0 Å². The zero-order valence-electron chi connectivity index (χ0n) is 14.5. The summed E-state index contributed by atoms with van der Waals surface area (Å²) in [6.45, 7) is 5.79. The van der Waals surface area contributed by atoms with Crippen LogP contribution in [0.4, 0.5) is 11.5 Å². The van der Waals surface area contributed by atoms with Crippen LogP contribution in [-0.2, 0) is 0 Å². The van der Waals surface area contributed by atoms with Gasteiger partial charge in [0.2, 0.25) is 0 Å². The van der Waals surface area contributed by atoms with Crippen LogP contribution in [0.1, 0.15) is 18.7 Å². The number of aromatic nitrogens is 2. The summed E-state index contributed by atoms with van der Waals surface area (Å²) in [6, 6.07) is 18.8. The predicted molar refractivity (Wildman–Crippen MR) is 103 cm³/mol. The van der Waals surface area contributed by atoms with Crippen molar-refractivity contribution in [2.45, 2.75) is 13.0 Å². The van der Waals surface area contributed by atoms with E-state index in [-0.39, 0.29) is 6.04 Å². The van der Waals surface area contributed by atoms with Crippen LogP contribution >= 0.6 is 0 Å². The largest absolute Gasteiger partial charge is 0.368 e. The molecule has 5 nitrogen and oxygen atoms in total. The summed E-state index contributed by atoms with van der Waals surface area (Å²) in [4.78, 5) is 4.75. The van der Waals surface area contributed by atoms with Crippen molar-refractivity contribution < 1.29 is 0 Å². The Hall–Kier alpha value is -2.66. The number of piperazine rings is 1. The van der Waals surface area contributed by atoms with Gasteiger partial charge in [-0.25, -0.2) is 0 Å². The summed E-state index contributed by atoms with van der Waals surface area (Å²) >= 11 is 0. The molecule has 128 valence electrons. The molecule has 25 heavy (non-hydrogen) atoms. The minimum absolute atomic E-state index is 0.124. The molecule has 0 radical (unpaired) electrons. The highest BCUT2D eigenvalue weighted by Gasteiger charge is 2.21. The van der Waals surface area contributed by atoms with Gasteiger partial charge in [0.15, 0.2) is 5.82 Å². The van der Waals surface area contributed by atoms with E-state index in [1.165, 1.54) is 5.69 Å². The monoisotopic (exact) mass is 333 g/mol. The Balaban J connectivity index is 1.60. The highest BCUT2D eigenvalue weighted by molar-refractivity contribution is 5.93. The third kappa shape index (κ3) is 3.03. The number of benzene rings is 2. The molecule has 5 heteroatoms. The van der Waals surface area contributed by atoms with E-state index in [1.54, 1.807) is 0 Å². The number of rotatable bonds is 3. The Kier molecular flexibility index (Phi) is 4.24. The van der Waals surface area contributed by atoms with Crippen molar-refractivity contribution >= 4 is 22.3 Å². The quantitative estimate of drug-likeness (QED) is 0.798. The zero-order chi connectivity index (χ0) is 17.2. The SMILES string of the molecule is CC(N)c1nnc(N2CCN(c3ccccc3)CC2)c2ccccc12. The molecule has 0 spiro atoms. The van der Waals surface area contributed by atoms with Gasteiger partial charge in [-0.3, -0.25) is 0 Å². The summed E-state index contributed by atoms with van der Waals surface area (Å²) < 4.78 is 0. The fraction of sp³-hybridized carbons (Fsp3) is 0.300. The van der Waals surface area contributed by atoms with E-state index in [0.717, 1.165) is 48.5 Å². The average molecular weight is 333 g/mol. The van der Waals surface area contributed by atoms with Gasteiger partial charge in [-0.2, -0.15) is 5.10 Å². The summed E-state index contributed by atoms with van der Waals surface area (Å²) in [7, 11) is 0. The lowest BCUT2D eigenvalue weighted by Crippen LogP contribution is -2.47. The predicted octanol–water partition coefficient (Wildman–Crippen LogP) is 2.98. The summed E-state index contributed by atoms with van der Waals surface area (Å²) in [5, 5.41) is 11.2. The lowest BCUT2D eigenvalue weighted by molar-refractivity contribution is 0.643. The lowest BCUT2D eigenvalue weighted by atomic mass is 10.1. The van der Waals surface area contributed by atoms with E-state index >= 15 is 0 Å². The fourth-order valence-electron chi connectivity index (χ4n) is 3.50. The Morgan fingerprint density at radius 2 is 1.40 bits per heavy atom. The molecular formula is C20H23N5. The molecule has 0 amide bonds. The Labute approximate surface area is 148 Å². The first-order valence-corrected chi connectivity index (χ1v) is 8.80. The van der Waals surface area contributed by atoms with Crippen LogP contribution in [0.5, 0.6) is 0 Å². The molecule has 1 aromatic heterocycles. The van der Waals surface area contributed by atoms with E-state index in [2.05, 4.69) is 68.5 Å². The maximum Gasteiger partial charge on any atom is 0.159 e. The van der Waals surface area contributed by atoms with Gasteiger partial charge in [-0.05, 0) is 19.1 Å². The Morgan fingerprint density at radius 3 is 2.08 bits per heavy atom. The first-order chi connectivity index (χ1) is 12.2. The minimum Gasteiger partial charge on any atom is -0.368 e. The third-order valence-electron chi connectivity index (χ3n) is 4.83. The highest BCUT2D eigenvalue weighted by Crippen LogP contribution is 2.29. The van der Waals surface area contributed by atoms with E-state index in [1.807, 2.05) is 13.0 Å². The van der Waals surface area contributed by atoms with Crippen molar-refractivity contribution in [2.75, 3.05) is 36.0 Å². The van der Waals surface area contributed by atoms with Crippen molar-refractivity contribution in [3.05, 3.63) is 60.3 Å². The van der Waals surface area contributed by atoms with Gasteiger partial charge in [0.25, 0.3) is 0 Å². The molecule has 0 bridgehead atoms. The van der Waals surface area contributed by atoms with Crippen LogP contribution in [0.2, 0.25) is 0 Å². The zero-order valence-corrected chi connectivity index (χ0v) is 14.5. The maximum atomic E-state index is 6.07. The van der Waals surface area contributed by atoms with E-state index in [0.29, 0.717) is 0 Å². The van der Waals surface area contributed by atoms with Gasteiger partial charge in [0, 0.05) is 48.7 Å². The van der Waals surface area contributed by atoms with Gasteiger partial charge in [0.1, 0.15) is 0 Å². The Bertz CT molecular complexity index is 854. The molecule has 1 aliphatic rings. The van der Waals surface area contributed by atoms with Crippen molar-refractivity contribution in [2.24, 2.45) is 5.73 Å². The van der Waals surface area contributed by atoms with Gasteiger partial charge in [-0.1, -0.05) is 42.5 Å². The van der Waals surface area contributed by atoms with Crippen LogP contribution in [0.3, 0.4) is 0 Å². The van der Waals surface area contributed by atoms with E-state index < -0.39 is 0 Å². The number of fused-ring (bicyclic) bond motifs is 1. The standard InChI is InChI=1S/C20H23N5/c1-15(21)19-17-9-5-6-10-18(17)20(23-22-19)25-13-11-24(12-14-25)16-7-3-2-4-8-16/h2-10,15H,11-14,21H2,1H3. The molecule has 4 rings (SSSR count). The van der Waals surface area contributed by atoms with Crippen molar-refractivity contribution in [1.29, 1.82) is 0 Å². The average Bonchev–Trinajstić information content (AvgIpc) is 2.68. The maximum absolute atomic E-state index is 6.07. The van der Waals surface area contributed by atoms with Gasteiger partial charge < -0.3 is 15.5 Å². The van der Waals surface area contributed by atoms with Crippen LogP contribution < -0.4 is 15.5 Å². The molecule has 3 aromatic rings. The van der Waals surface area contributed by atoms with Crippen LogP contribution in [-0.4, -0.2) is 36.4 Å². The van der Waals surface area contributed by atoms with E-state index in [9.17, 15) is 0 Å². The van der Waals surface area contributed by atoms with Gasteiger partial charge >= 0.3 is 0 Å². The highest BCUT2D eigenvalue weighted by atomic mass is 15.3. The molecule has 0 saturated carbocycles. The van der Waals surface area contributed by atoms with Gasteiger partial charge in [0.05, 0.1) is 5.69 Å². The number of nitrogens with zero attached hydrogens (tertiary/aromatic N) is 4. The third-order valence-corrected chi connectivity index (χ3v) is 4.83. The second-order valence-electron chi connectivity index (χ2n) is 6.55. The van der Waals surface area contributed by atoms with Crippen LogP contribution in [0.15, 0.2) is 54.6 Å². The summed E-state index contributed by atoms with van der Waals surface area (Å²) in [6.07, 6.45) is 0.